The summed E-state index contributed by atoms with van der Waals surface area (Å²) >= 11 is 0. The van der Waals surface area contributed by atoms with Crippen LogP contribution in [0.1, 0.15) is 25.0 Å². The normalized spacial score (nSPS) is 11.1. The van der Waals surface area contributed by atoms with E-state index in [4.69, 9.17) is 11.0 Å². The molecule has 0 amide bonds. The molecule has 0 radical (unpaired) electrons. The summed E-state index contributed by atoms with van der Waals surface area (Å²) in [5.41, 5.74) is 7.66. The number of benzene rings is 1. The Hall–Kier alpha value is -1.82. The highest BCUT2D eigenvalue weighted by molar-refractivity contribution is 5.74. The maximum absolute atomic E-state index is 13.1. The number of anilines is 1. The van der Waals surface area contributed by atoms with Gasteiger partial charge in [-0.25, -0.2) is 4.39 Å². The zero-order valence-electron chi connectivity index (χ0n) is 8.13. The lowest BCUT2D eigenvalue weighted by molar-refractivity contribution is 0.624. The number of nitrogens with zero attached hydrogens (tertiary/aromatic N) is 1. The molecule has 3 heteroatoms. The van der Waals surface area contributed by atoms with E-state index in [1.165, 1.54) is 12.1 Å². The largest absolute Gasteiger partial charge is 0.398 e. The van der Waals surface area contributed by atoms with Gasteiger partial charge < -0.3 is 5.73 Å². The van der Waals surface area contributed by atoms with Gasteiger partial charge in [-0.05, 0) is 31.6 Å². The van der Waals surface area contributed by atoms with Crippen molar-refractivity contribution in [1.29, 1.82) is 5.26 Å². The maximum atomic E-state index is 13.1. The molecular formula is C11H11FN2. The Balaban J connectivity index is 3.41. The minimum absolute atomic E-state index is 0.0235. The van der Waals surface area contributed by atoms with Crippen LogP contribution in [0.5, 0.6) is 0 Å². The van der Waals surface area contributed by atoms with Crippen molar-refractivity contribution >= 4 is 11.3 Å². The molecule has 0 saturated heterocycles. The first-order valence-corrected chi connectivity index (χ1v) is 4.22. The molecule has 0 fully saturated rings. The van der Waals surface area contributed by atoms with Gasteiger partial charge in [-0.15, -0.1) is 0 Å². The van der Waals surface area contributed by atoms with Gasteiger partial charge in [0.15, 0.2) is 0 Å². The smallest absolute Gasteiger partial charge is 0.143 e. The lowest BCUT2D eigenvalue weighted by Crippen LogP contribution is -1.96. The van der Waals surface area contributed by atoms with Gasteiger partial charge in [0.1, 0.15) is 11.9 Å². The Morgan fingerprint density at radius 2 is 2.21 bits per heavy atom. The van der Waals surface area contributed by atoms with Crippen molar-refractivity contribution in [2.75, 3.05) is 5.73 Å². The molecule has 72 valence electrons. The van der Waals surface area contributed by atoms with Crippen molar-refractivity contribution in [2.24, 2.45) is 0 Å². The van der Waals surface area contributed by atoms with Gasteiger partial charge in [0, 0.05) is 11.3 Å². The fourth-order valence-corrected chi connectivity index (χ4v) is 1.17. The number of halogens is 1. The quantitative estimate of drug-likeness (QED) is 0.692. The van der Waals surface area contributed by atoms with Crippen molar-refractivity contribution in [3.05, 3.63) is 35.2 Å². The summed E-state index contributed by atoms with van der Waals surface area (Å²) < 4.78 is 13.1. The summed E-state index contributed by atoms with van der Waals surface area (Å²) in [6.45, 7) is 3.73. The van der Waals surface area contributed by atoms with Crippen LogP contribution in [0.25, 0.3) is 5.57 Å². The minimum Gasteiger partial charge on any atom is -0.398 e. The van der Waals surface area contributed by atoms with Crippen molar-refractivity contribution in [3.63, 3.8) is 0 Å². The first-order valence-electron chi connectivity index (χ1n) is 4.22. The summed E-state index contributed by atoms with van der Waals surface area (Å²) in [5.74, 6) is -0.572. The van der Waals surface area contributed by atoms with Gasteiger partial charge >= 0.3 is 0 Å². The Morgan fingerprint density at radius 3 is 2.71 bits per heavy atom. The predicted octanol–water partition coefficient (Wildman–Crippen LogP) is 2.70. The summed E-state index contributed by atoms with van der Waals surface area (Å²) in [4.78, 5) is 0. The Morgan fingerprint density at radius 1 is 1.57 bits per heavy atom. The number of nitrogens with two attached hydrogens (primary N) is 1. The average Bonchev–Trinajstić information content (AvgIpc) is 2.17. The molecule has 0 unspecified atom stereocenters. The second-order valence-corrected chi connectivity index (χ2v) is 3.00. The minimum atomic E-state index is -0.572. The maximum Gasteiger partial charge on any atom is 0.143 e. The van der Waals surface area contributed by atoms with Crippen LogP contribution in [0.2, 0.25) is 0 Å². The zero-order chi connectivity index (χ0) is 10.7. The van der Waals surface area contributed by atoms with E-state index in [2.05, 4.69) is 0 Å². The standard InChI is InChI=1S/C11H11FN2/c1-3-7(2)9-4-8(6-13)10(12)5-11(9)14/h3-5H,14H2,1-2H3/b7-3+. The van der Waals surface area contributed by atoms with Crippen LogP contribution in [0, 0.1) is 17.1 Å². The van der Waals surface area contributed by atoms with E-state index in [0.717, 1.165) is 5.57 Å². The highest BCUT2D eigenvalue weighted by Crippen LogP contribution is 2.24. The van der Waals surface area contributed by atoms with E-state index >= 15 is 0 Å². The number of allylic oxidation sites excluding steroid dienone is 2. The summed E-state index contributed by atoms with van der Waals surface area (Å²) in [7, 11) is 0. The third kappa shape index (κ3) is 1.74. The first-order chi connectivity index (χ1) is 6.60. The molecule has 0 heterocycles. The molecule has 0 atom stereocenters. The van der Waals surface area contributed by atoms with Crippen LogP contribution < -0.4 is 5.73 Å². The second kappa shape index (κ2) is 3.93. The summed E-state index contributed by atoms with van der Waals surface area (Å²) in [5, 5.41) is 8.64. The fraction of sp³-hybridized carbons (Fsp3) is 0.182. The fourth-order valence-electron chi connectivity index (χ4n) is 1.17. The Labute approximate surface area is 82.5 Å². The van der Waals surface area contributed by atoms with E-state index in [1.807, 2.05) is 19.9 Å². The van der Waals surface area contributed by atoms with Crippen LogP contribution in [-0.4, -0.2) is 0 Å². The molecule has 0 aliphatic rings. The monoisotopic (exact) mass is 190 g/mol. The zero-order valence-corrected chi connectivity index (χ0v) is 8.13. The molecule has 0 saturated carbocycles. The van der Waals surface area contributed by atoms with Gasteiger partial charge in [-0.1, -0.05) is 6.08 Å². The third-order valence-electron chi connectivity index (χ3n) is 2.12. The van der Waals surface area contributed by atoms with Gasteiger partial charge in [0.05, 0.1) is 5.56 Å². The van der Waals surface area contributed by atoms with E-state index in [-0.39, 0.29) is 5.56 Å². The Kier molecular flexibility index (Phi) is 2.88. The van der Waals surface area contributed by atoms with Crippen molar-refractivity contribution < 1.29 is 4.39 Å². The second-order valence-electron chi connectivity index (χ2n) is 3.00. The van der Waals surface area contributed by atoms with E-state index in [0.29, 0.717) is 11.3 Å². The van der Waals surface area contributed by atoms with Gasteiger partial charge in [-0.2, -0.15) is 5.26 Å². The van der Waals surface area contributed by atoms with Crippen LogP contribution in [0.3, 0.4) is 0 Å². The van der Waals surface area contributed by atoms with Gasteiger partial charge in [0.2, 0.25) is 0 Å². The molecule has 1 rings (SSSR count). The molecule has 0 spiro atoms. The highest BCUT2D eigenvalue weighted by Gasteiger charge is 2.07. The van der Waals surface area contributed by atoms with Crippen LogP contribution >= 0.6 is 0 Å². The third-order valence-corrected chi connectivity index (χ3v) is 2.12. The van der Waals surface area contributed by atoms with Crippen LogP contribution in [0.4, 0.5) is 10.1 Å². The Bertz CT molecular complexity index is 428. The summed E-state index contributed by atoms with van der Waals surface area (Å²) in [6, 6.07) is 4.44. The van der Waals surface area contributed by atoms with E-state index < -0.39 is 5.82 Å². The van der Waals surface area contributed by atoms with Gasteiger partial charge in [-0.3, -0.25) is 0 Å². The van der Waals surface area contributed by atoms with Crippen molar-refractivity contribution in [1.82, 2.24) is 0 Å². The van der Waals surface area contributed by atoms with Crippen molar-refractivity contribution in [2.45, 2.75) is 13.8 Å². The lowest BCUT2D eigenvalue weighted by Gasteiger charge is -2.06. The molecule has 2 nitrogen and oxygen atoms in total. The SMILES string of the molecule is C/C=C(\C)c1cc(C#N)c(F)cc1N. The molecule has 0 aliphatic heterocycles. The number of hydrogen-bond acceptors (Lipinski definition) is 2. The number of hydrogen-bond donors (Lipinski definition) is 1. The number of nitrogen functional groups attached to an aromatic ring is 1. The van der Waals surface area contributed by atoms with Crippen LogP contribution in [-0.2, 0) is 0 Å². The highest BCUT2D eigenvalue weighted by atomic mass is 19.1. The molecule has 0 aliphatic carbocycles. The molecule has 2 N–H and O–H groups in total. The molecule has 14 heavy (non-hydrogen) atoms. The van der Waals surface area contributed by atoms with E-state index in [9.17, 15) is 4.39 Å². The first kappa shape index (κ1) is 10.3. The molecule has 1 aromatic carbocycles. The van der Waals surface area contributed by atoms with E-state index in [1.54, 1.807) is 6.07 Å². The van der Waals surface area contributed by atoms with Crippen LogP contribution in [0.15, 0.2) is 18.2 Å². The number of nitriles is 1. The lowest BCUT2D eigenvalue weighted by atomic mass is 10.0. The number of rotatable bonds is 1. The molecular weight excluding hydrogens is 179 g/mol. The summed E-state index contributed by atoms with van der Waals surface area (Å²) in [6.07, 6.45) is 1.87. The molecule has 0 aromatic heterocycles. The van der Waals surface area contributed by atoms with Gasteiger partial charge in [0.25, 0.3) is 0 Å². The predicted molar refractivity (Wildman–Crippen MR) is 54.9 cm³/mol. The topological polar surface area (TPSA) is 49.8 Å². The molecule has 1 aromatic rings. The van der Waals surface area contributed by atoms with Crippen molar-refractivity contribution in [3.8, 4) is 6.07 Å². The molecule has 0 bridgehead atoms. The average molecular weight is 190 g/mol.